The number of rotatable bonds is 4. The van der Waals surface area contributed by atoms with Crippen molar-refractivity contribution in [1.29, 1.82) is 0 Å². The molecule has 0 aromatic heterocycles. The van der Waals surface area contributed by atoms with E-state index in [1.807, 2.05) is 13.0 Å². The fraction of sp³-hybridized carbons (Fsp3) is 0.600. The Morgan fingerprint density at radius 3 is 2.63 bits per heavy atom. The Kier molecular flexibility index (Phi) is 4.80. The number of aliphatic hydroxyl groups excluding tert-OH is 1. The lowest BCUT2D eigenvalue weighted by Crippen LogP contribution is -2.49. The topological polar surface area (TPSA) is 55.7 Å². The minimum atomic E-state index is -0.506. The van der Waals surface area contributed by atoms with Crippen molar-refractivity contribution in [2.75, 3.05) is 26.2 Å². The summed E-state index contributed by atoms with van der Waals surface area (Å²) in [5.41, 5.74) is 1.96. The number of hydrogen-bond donors (Lipinski definition) is 3. The molecule has 2 rings (SSSR count). The van der Waals surface area contributed by atoms with Crippen LogP contribution < -0.4 is 5.32 Å². The van der Waals surface area contributed by atoms with Gasteiger partial charge in [0.2, 0.25) is 0 Å². The van der Waals surface area contributed by atoms with Crippen LogP contribution in [0.5, 0.6) is 5.75 Å². The molecule has 106 valence electrons. The smallest absolute Gasteiger partial charge is 0.115 e. The number of phenols is 1. The van der Waals surface area contributed by atoms with Crippen molar-refractivity contribution in [2.24, 2.45) is 0 Å². The van der Waals surface area contributed by atoms with E-state index in [1.54, 1.807) is 12.1 Å². The summed E-state index contributed by atoms with van der Waals surface area (Å²) >= 11 is 0. The van der Waals surface area contributed by atoms with E-state index in [1.165, 1.54) is 0 Å². The molecule has 0 amide bonds. The zero-order valence-electron chi connectivity index (χ0n) is 11.8. The largest absolute Gasteiger partial charge is 0.508 e. The zero-order chi connectivity index (χ0) is 13.8. The lowest BCUT2D eigenvalue weighted by atomic mass is 9.95. The van der Waals surface area contributed by atoms with Gasteiger partial charge in [0.05, 0.1) is 6.10 Å². The van der Waals surface area contributed by atoms with Crippen LogP contribution in [0.1, 0.15) is 31.1 Å². The molecule has 19 heavy (non-hydrogen) atoms. The average Bonchev–Trinajstić information content (AvgIpc) is 2.46. The molecule has 0 bridgehead atoms. The molecule has 0 radical (unpaired) electrons. The van der Waals surface area contributed by atoms with Gasteiger partial charge in [-0.05, 0) is 36.6 Å². The lowest BCUT2D eigenvalue weighted by molar-refractivity contribution is 0.0505. The van der Waals surface area contributed by atoms with Gasteiger partial charge >= 0.3 is 0 Å². The number of phenolic OH excluding ortho intramolecular Hbond substituents is 1. The summed E-state index contributed by atoms with van der Waals surface area (Å²) in [7, 11) is 0. The van der Waals surface area contributed by atoms with E-state index >= 15 is 0 Å². The first kappa shape index (κ1) is 14.3. The van der Waals surface area contributed by atoms with E-state index in [2.05, 4.69) is 17.1 Å². The number of aromatic hydroxyl groups is 1. The first-order chi connectivity index (χ1) is 9.13. The van der Waals surface area contributed by atoms with Gasteiger partial charge in [-0.1, -0.05) is 13.0 Å². The number of nitrogens with one attached hydrogen (secondary N) is 1. The molecule has 1 aliphatic rings. The summed E-state index contributed by atoms with van der Waals surface area (Å²) in [4.78, 5) is 2.31. The van der Waals surface area contributed by atoms with E-state index in [9.17, 15) is 10.2 Å². The molecule has 1 aliphatic heterocycles. The number of piperazine rings is 1. The monoisotopic (exact) mass is 264 g/mol. The molecule has 4 heteroatoms. The highest BCUT2D eigenvalue weighted by Gasteiger charge is 2.25. The minimum Gasteiger partial charge on any atom is -0.508 e. The Balaban J connectivity index is 2.15. The molecule has 0 aliphatic carbocycles. The van der Waals surface area contributed by atoms with Crippen molar-refractivity contribution in [1.82, 2.24) is 10.2 Å². The van der Waals surface area contributed by atoms with Gasteiger partial charge in [0, 0.05) is 32.2 Å². The number of aliphatic hydroxyl groups is 1. The molecule has 1 saturated heterocycles. The van der Waals surface area contributed by atoms with Crippen LogP contribution in [0, 0.1) is 0 Å². The summed E-state index contributed by atoms with van der Waals surface area (Å²) in [5.74, 6) is 0.266. The van der Waals surface area contributed by atoms with Crippen molar-refractivity contribution in [2.45, 2.75) is 32.4 Å². The Labute approximate surface area is 115 Å². The van der Waals surface area contributed by atoms with Gasteiger partial charge in [0.15, 0.2) is 0 Å². The fourth-order valence-electron chi connectivity index (χ4n) is 2.74. The van der Waals surface area contributed by atoms with Crippen LogP contribution in [0.25, 0.3) is 0 Å². The second-order valence-corrected chi connectivity index (χ2v) is 5.21. The van der Waals surface area contributed by atoms with Gasteiger partial charge < -0.3 is 15.5 Å². The first-order valence-corrected chi connectivity index (χ1v) is 7.08. The Bertz CT molecular complexity index is 417. The Morgan fingerprint density at radius 2 is 2.00 bits per heavy atom. The highest BCUT2D eigenvalue weighted by atomic mass is 16.3. The quantitative estimate of drug-likeness (QED) is 0.767. The van der Waals surface area contributed by atoms with E-state index < -0.39 is 6.10 Å². The normalized spacial score (nSPS) is 20.2. The molecule has 0 saturated carbocycles. The molecule has 1 aromatic carbocycles. The van der Waals surface area contributed by atoms with Gasteiger partial charge in [-0.25, -0.2) is 0 Å². The van der Waals surface area contributed by atoms with Crippen LogP contribution in [0.4, 0.5) is 0 Å². The zero-order valence-corrected chi connectivity index (χ0v) is 11.8. The van der Waals surface area contributed by atoms with Gasteiger partial charge in [-0.3, -0.25) is 4.90 Å². The highest BCUT2D eigenvalue weighted by Crippen LogP contribution is 2.27. The van der Waals surface area contributed by atoms with E-state index in [4.69, 9.17) is 0 Å². The summed E-state index contributed by atoms with van der Waals surface area (Å²) in [6.07, 6.45) is 0.309. The standard InChI is InChI=1S/C15H24N2O2/c1-3-12-10-13(18)4-5-14(12)15(19)11(2)17-8-6-16-7-9-17/h4-5,10-11,15-16,18-19H,3,6-9H2,1-2H3. The molecule has 2 atom stereocenters. The maximum atomic E-state index is 10.6. The molecule has 1 fully saturated rings. The van der Waals surface area contributed by atoms with Crippen molar-refractivity contribution in [3.63, 3.8) is 0 Å². The van der Waals surface area contributed by atoms with Crippen molar-refractivity contribution in [3.05, 3.63) is 29.3 Å². The molecule has 1 heterocycles. The van der Waals surface area contributed by atoms with Gasteiger partial charge in [-0.2, -0.15) is 0 Å². The van der Waals surface area contributed by atoms with Gasteiger partial charge in [0.25, 0.3) is 0 Å². The van der Waals surface area contributed by atoms with E-state index in [0.29, 0.717) is 0 Å². The van der Waals surface area contributed by atoms with E-state index in [0.717, 1.165) is 43.7 Å². The Hall–Kier alpha value is -1.10. The molecule has 0 spiro atoms. The number of nitrogens with zero attached hydrogens (tertiary/aromatic N) is 1. The predicted octanol–water partition coefficient (Wildman–Crippen LogP) is 1.28. The van der Waals surface area contributed by atoms with Crippen LogP contribution in [-0.2, 0) is 6.42 Å². The fourth-order valence-corrected chi connectivity index (χ4v) is 2.74. The third-order valence-electron chi connectivity index (χ3n) is 4.01. The van der Waals surface area contributed by atoms with Crippen LogP contribution in [0.15, 0.2) is 18.2 Å². The molecular weight excluding hydrogens is 240 g/mol. The summed E-state index contributed by atoms with van der Waals surface area (Å²) in [6.45, 7) is 8.01. The highest BCUT2D eigenvalue weighted by molar-refractivity contribution is 5.36. The summed E-state index contributed by atoms with van der Waals surface area (Å²) in [6, 6.07) is 5.35. The number of aryl methyl sites for hydroxylation is 1. The number of hydrogen-bond acceptors (Lipinski definition) is 4. The van der Waals surface area contributed by atoms with Crippen LogP contribution in [0.2, 0.25) is 0 Å². The maximum Gasteiger partial charge on any atom is 0.115 e. The second kappa shape index (κ2) is 6.37. The molecule has 4 nitrogen and oxygen atoms in total. The predicted molar refractivity (Wildman–Crippen MR) is 76.3 cm³/mol. The lowest BCUT2D eigenvalue weighted by Gasteiger charge is -2.36. The SMILES string of the molecule is CCc1cc(O)ccc1C(O)C(C)N1CCNCC1. The molecular formula is C15H24N2O2. The molecule has 2 unspecified atom stereocenters. The third-order valence-corrected chi connectivity index (χ3v) is 4.01. The van der Waals surface area contributed by atoms with Crippen molar-refractivity contribution in [3.8, 4) is 5.75 Å². The first-order valence-electron chi connectivity index (χ1n) is 7.08. The second-order valence-electron chi connectivity index (χ2n) is 5.21. The molecule has 1 aromatic rings. The summed E-state index contributed by atoms with van der Waals surface area (Å²) < 4.78 is 0. The van der Waals surface area contributed by atoms with Crippen molar-refractivity contribution >= 4 is 0 Å². The maximum absolute atomic E-state index is 10.6. The average molecular weight is 264 g/mol. The van der Waals surface area contributed by atoms with E-state index in [-0.39, 0.29) is 11.8 Å². The van der Waals surface area contributed by atoms with Crippen LogP contribution >= 0.6 is 0 Å². The third kappa shape index (κ3) is 3.26. The van der Waals surface area contributed by atoms with Crippen LogP contribution in [-0.4, -0.2) is 47.3 Å². The minimum absolute atomic E-state index is 0.0944. The Morgan fingerprint density at radius 1 is 1.32 bits per heavy atom. The van der Waals surface area contributed by atoms with Gasteiger partial charge in [-0.15, -0.1) is 0 Å². The van der Waals surface area contributed by atoms with Gasteiger partial charge in [0.1, 0.15) is 5.75 Å². The number of benzene rings is 1. The molecule has 3 N–H and O–H groups in total. The van der Waals surface area contributed by atoms with Crippen molar-refractivity contribution < 1.29 is 10.2 Å². The van der Waals surface area contributed by atoms with Crippen LogP contribution in [0.3, 0.4) is 0 Å². The summed E-state index contributed by atoms with van der Waals surface area (Å²) in [5, 5.41) is 23.5.